The van der Waals surface area contributed by atoms with Gasteiger partial charge < -0.3 is 5.73 Å². The Morgan fingerprint density at radius 2 is 2.11 bits per heavy atom. The Morgan fingerprint density at radius 1 is 1.44 bits per heavy atom. The molecule has 1 heterocycles. The van der Waals surface area contributed by atoms with Gasteiger partial charge in [0.1, 0.15) is 6.54 Å². The topological polar surface area (TPSA) is 73.8 Å². The van der Waals surface area contributed by atoms with Gasteiger partial charge in [-0.15, -0.1) is 5.10 Å². The Hall–Kier alpha value is -1.60. The number of rotatable bonds is 5. The zero-order chi connectivity index (χ0) is 13.3. The molecule has 8 heteroatoms. The van der Waals surface area contributed by atoms with Gasteiger partial charge in [-0.3, -0.25) is 4.79 Å². The summed E-state index contributed by atoms with van der Waals surface area (Å²) >= 11 is 0. The summed E-state index contributed by atoms with van der Waals surface area (Å²) in [5.74, 6) is -0.242. The molecular weight excluding hydrogens is 249 g/mol. The van der Waals surface area contributed by atoms with Crippen LogP contribution in [0.4, 0.5) is 13.2 Å². The maximum absolute atomic E-state index is 12.4. The van der Waals surface area contributed by atoms with Gasteiger partial charge in [0.05, 0.1) is 17.8 Å². The average Bonchev–Trinajstić information content (AvgIpc) is 2.94. The largest absolute Gasteiger partial charge is 0.408 e. The number of aromatic nitrogens is 3. The molecule has 1 aliphatic rings. The first kappa shape index (κ1) is 12.8. The molecular formula is C10H13F3N4O. The van der Waals surface area contributed by atoms with E-state index in [9.17, 15) is 18.0 Å². The average molecular weight is 262 g/mol. The second kappa shape index (κ2) is 4.58. The van der Waals surface area contributed by atoms with Crippen molar-refractivity contribution in [3.05, 3.63) is 11.4 Å². The number of amides is 1. The van der Waals surface area contributed by atoms with E-state index in [1.165, 1.54) is 0 Å². The molecule has 0 aromatic carbocycles. The molecule has 0 bridgehead atoms. The van der Waals surface area contributed by atoms with E-state index in [0.717, 1.165) is 17.5 Å². The molecule has 5 nitrogen and oxygen atoms in total. The van der Waals surface area contributed by atoms with E-state index in [4.69, 9.17) is 5.73 Å². The van der Waals surface area contributed by atoms with Crippen molar-refractivity contribution in [2.75, 3.05) is 0 Å². The molecule has 0 aliphatic heterocycles. The number of alkyl halides is 3. The summed E-state index contributed by atoms with van der Waals surface area (Å²) in [5, 5.41) is 7.11. The molecule has 1 fully saturated rings. The van der Waals surface area contributed by atoms with E-state index in [-0.39, 0.29) is 12.1 Å². The third-order valence-electron chi connectivity index (χ3n) is 2.77. The molecule has 1 amide bonds. The monoisotopic (exact) mass is 262 g/mol. The third-order valence-corrected chi connectivity index (χ3v) is 2.77. The number of hydrogen-bond acceptors (Lipinski definition) is 3. The van der Waals surface area contributed by atoms with Crippen molar-refractivity contribution < 1.29 is 18.0 Å². The molecule has 1 aromatic heterocycles. The molecule has 2 rings (SSSR count). The smallest absolute Gasteiger partial charge is 0.369 e. The van der Waals surface area contributed by atoms with Gasteiger partial charge in [-0.05, 0) is 25.2 Å². The maximum Gasteiger partial charge on any atom is 0.408 e. The van der Waals surface area contributed by atoms with Crippen LogP contribution in [0.25, 0.3) is 0 Å². The summed E-state index contributed by atoms with van der Waals surface area (Å²) in [6.07, 6.45) is -2.05. The van der Waals surface area contributed by atoms with Gasteiger partial charge in [-0.1, -0.05) is 5.21 Å². The minimum absolute atomic E-state index is 0.167. The molecule has 0 atom stereocenters. The standard InChI is InChI=1S/C10H13F3N4O/c11-10(12,13)5-17-8(3-6-1-2-6)7(15-16-17)4-9(14)18/h6H,1-5H2,(H2,14,18). The minimum atomic E-state index is -4.35. The number of carbonyl (C=O) groups excluding carboxylic acids is 1. The van der Waals surface area contributed by atoms with Gasteiger partial charge in [0.2, 0.25) is 5.91 Å². The summed E-state index contributed by atoms with van der Waals surface area (Å²) < 4.78 is 37.9. The van der Waals surface area contributed by atoms with E-state index >= 15 is 0 Å². The molecule has 0 radical (unpaired) electrons. The van der Waals surface area contributed by atoms with Crippen LogP contribution in [0.3, 0.4) is 0 Å². The molecule has 0 saturated heterocycles. The lowest BCUT2D eigenvalue weighted by atomic mass is 10.1. The fourth-order valence-electron chi connectivity index (χ4n) is 1.79. The molecule has 2 N–H and O–H groups in total. The fourth-order valence-corrected chi connectivity index (χ4v) is 1.79. The van der Waals surface area contributed by atoms with Crippen LogP contribution in [0.1, 0.15) is 24.2 Å². The van der Waals surface area contributed by atoms with Crippen LogP contribution in [0.2, 0.25) is 0 Å². The van der Waals surface area contributed by atoms with Crippen molar-refractivity contribution in [1.29, 1.82) is 0 Å². The summed E-state index contributed by atoms with van der Waals surface area (Å²) in [5.41, 5.74) is 5.68. The molecule has 0 unspecified atom stereocenters. The number of halogens is 3. The lowest BCUT2D eigenvalue weighted by molar-refractivity contribution is -0.143. The Morgan fingerprint density at radius 3 is 2.61 bits per heavy atom. The van der Waals surface area contributed by atoms with E-state index < -0.39 is 18.6 Å². The Bertz CT molecular complexity index is 450. The first-order chi connectivity index (χ1) is 8.35. The van der Waals surface area contributed by atoms with Gasteiger partial charge in [0, 0.05) is 0 Å². The zero-order valence-electron chi connectivity index (χ0n) is 9.57. The Balaban J connectivity index is 2.21. The highest BCUT2D eigenvalue weighted by Gasteiger charge is 2.32. The van der Waals surface area contributed by atoms with E-state index in [2.05, 4.69) is 10.3 Å². The maximum atomic E-state index is 12.4. The van der Waals surface area contributed by atoms with Gasteiger partial charge >= 0.3 is 6.18 Å². The summed E-state index contributed by atoms with van der Waals surface area (Å²) in [6, 6.07) is 0. The van der Waals surface area contributed by atoms with Crippen LogP contribution in [0, 0.1) is 5.92 Å². The van der Waals surface area contributed by atoms with Crippen molar-refractivity contribution in [3.63, 3.8) is 0 Å². The normalized spacial score (nSPS) is 15.9. The number of primary amides is 1. The first-order valence-corrected chi connectivity index (χ1v) is 5.61. The summed E-state index contributed by atoms with van der Waals surface area (Å²) in [6.45, 7) is -1.18. The van der Waals surface area contributed by atoms with Crippen LogP contribution in [0.5, 0.6) is 0 Å². The second-order valence-corrected chi connectivity index (χ2v) is 4.55. The molecule has 100 valence electrons. The van der Waals surface area contributed by atoms with Gasteiger partial charge in [0.15, 0.2) is 0 Å². The number of carbonyl (C=O) groups is 1. The van der Waals surface area contributed by atoms with Crippen molar-refractivity contribution in [2.24, 2.45) is 11.7 Å². The Kier molecular flexibility index (Phi) is 3.27. The van der Waals surface area contributed by atoms with Crippen LogP contribution in [-0.4, -0.2) is 27.1 Å². The van der Waals surface area contributed by atoms with Crippen LogP contribution in [0.15, 0.2) is 0 Å². The highest BCUT2D eigenvalue weighted by atomic mass is 19.4. The lowest BCUT2D eigenvalue weighted by Gasteiger charge is -2.09. The van der Waals surface area contributed by atoms with Crippen molar-refractivity contribution in [1.82, 2.24) is 15.0 Å². The van der Waals surface area contributed by atoms with Crippen LogP contribution >= 0.6 is 0 Å². The van der Waals surface area contributed by atoms with Gasteiger partial charge in [-0.2, -0.15) is 13.2 Å². The predicted octanol–water partition coefficient (Wildman–Crippen LogP) is 0.821. The van der Waals surface area contributed by atoms with Gasteiger partial charge in [0.25, 0.3) is 0 Å². The highest BCUT2D eigenvalue weighted by Crippen LogP contribution is 2.33. The SMILES string of the molecule is NC(=O)Cc1nnn(CC(F)(F)F)c1CC1CC1. The molecule has 1 aromatic rings. The quantitative estimate of drug-likeness (QED) is 0.853. The second-order valence-electron chi connectivity index (χ2n) is 4.55. The number of nitrogens with zero attached hydrogens (tertiary/aromatic N) is 3. The highest BCUT2D eigenvalue weighted by molar-refractivity contribution is 5.76. The summed E-state index contributed by atoms with van der Waals surface area (Å²) in [7, 11) is 0. The molecule has 1 aliphatic carbocycles. The van der Waals surface area contributed by atoms with Crippen molar-refractivity contribution >= 4 is 5.91 Å². The molecule has 1 saturated carbocycles. The minimum Gasteiger partial charge on any atom is -0.369 e. The fraction of sp³-hybridized carbons (Fsp3) is 0.700. The zero-order valence-corrected chi connectivity index (χ0v) is 9.57. The van der Waals surface area contributed by atoms with E-state index in [1.807, 2.05) is 0 Å². The molecule has 18 heavy (non-hydrogen) atoms. The lowest BCUT2D eigenvalue weighted by Crippen LogP contribution is -2.21. The molecule has 0 spiro atoms. The third kappa shape index (κ3) is 3.44. The van der Waals surface area contributed by atoms with Crippen molar-refractivity contribution in [3.8, 4) is 0 Å². The summed E-state index contributed by atoms with van der Waals surface area (Å²) in [4.78, 5) is 10.8. The Labute approximate surface area is 101 Å². The predicted molar refractivity (Wildman–Crippen MR) is 55.4 cm³/mol. The van der Waals surface area contributed by atoms with Gasteiger partial charge in [-0.25, -0.2) is 4.68 Å². The van der Waals surface area contributed by atoms with E-state index in [1.54, 1.807) is 0 Å². The number of nitrogens with two attached hydrogens (primary N) is 1. The van der Waals surface area contributed by atoms with Crippen LogP contribution < -0.4 is 5.73 Å². The van der Waals surface area contributed by atoms with E-state index in [0.29, 0.717) is 18.0 Å². The number of hydrogen-bond donors (Lipinski definition) is 1. The first-order valence-electron chi connectivity index (χ1n) is 5.61. The van der Waals surface area contributed by atoms with Crippen molar-refractivity contribution in [2.45, 2.75) is 38.4 Å². The van der Waals surface area contributed by atoms with Crippen LogP contribution in [-0.2, 0) is 24.2 Å².